The number of pyridine rings is 1. The van der Waals surface area contributed by atoms with Gasteiger partial charge in [0.25, 0.3) is 0 Å². The molecule has 1 atom stereocenters. The highest BCUT2D eigenvalue weighted by Gasteiger charge is 2.33. The Labute approximate surface area is 130 Å². The SMILES string of the molecule is CC(C)(C)S(=O)(=O)c1ccc(NCC2(O)CCSC2)cn1. The molecule has 0 bridgehead atoms. The van der Waals surface area contributed by atoms with Crippen LogP contribution in [0.4, 0.5) is 5.69 Å². The lowest BCUT2D eigenvalue weighted by atomic mass is 10.0. The lowest BCUT2D eigenvalue weighted by Crippen LogP contribution is -2.36. The van der Waals surface area contributed by atoms with Gasteiger partial charge in [-0.1, -0.05) is 0 Å². The Bertz CT molecular complexity index is 586. The van der Waals surface area contributed by atoms with Gasteiger partial charge in [0.2, 0.25) is 0 Å². The third-order valence-corrected chi connectivity index (χ3v) is 7.16. The first kappa shape index (κ1) is 16.6. The Morgan fingerprint density at radius 1 is 1.43 bits per heavy atom. The first-order valence-corrected chi connectivity index (χ1v) is 9.53. The second-order valence-corrected chi connectivity index (χ2v) is 10.1. The van der Waals surface area contributed by atoms with E-state index in [1.807, 2.05) is 0 Å². The molecule has 1 aliphatic heterocycles. The summed E-state index contributed by atoms with van der Waals surface area (Å²) >= 11 is 1.74. The molecule has 2 N–H and O–H groups in total. The molecule has 1 aromatic rings. The van der Waals surface area contributed by atoms with Gasteiger partial charge in [-0.05, 0) is 45.1 Å². The quantitative estimate of drug-likeness (QED) is 0.878. The van der Waals surface area contributed by atoms with Crippen molar-refractivity contribution in [3.8, 4) is 0 Å². The normalized spacial score (nSPS) is 23.2. The van der Waals surface area contributed by atoms with Gasteiger partial charge in [0.05, 0.1) is 22.2 Å². The van der Waals surface area contributed by atoms with E-state index in [-0.39, 0.29) is 5.03 Å². The lowest BCUT2D eigenvalue weighted by Gasteiger charge is -2.22. The molecule has 5 nitrogen and oxygen atoms in total. The van der Waals surface area contributed by atoms with Crippen molar-refractivity contribution in [2.75, 3.05) is 23.4 Å². The van der Waals surface area contributed by atoms with E-state index in [1.54, 1.807) is 38.6 Å². The van der Waals surface area contributed by atoms with Gasteiger partial charge >= 0.3 is 0 Å². The fourth-order valence-corrected chi connectivity index (χ4v) is 4.32. The van der Waals surface area contributed by atoms with Crippen LogP contribution in [0.15, 0.2) is 23.4 Å². The van der Waals surface area contributed by atoms with Gasteiger partial charge in [0.15, 0.2) is 14.9 Å². The highest BCUT2D eigenvalue weighted by Crippen LogP contribution is 2.28. The molecule has 0 spiro atoms. The third-order valence-electron chi connectivity index (χ3n) is 3.52. The van der Waals surface area contributed by atoms with Crippen LogP contribution >= 0.6 is 11.8 Å². The maximum Gasteiger partial charge on any atom is 0.200 e. The first-order chi connectivity index (χ1) is 9.64. The molecule has 118 valence electrons. The van der Waals surface area contributed by atoms with Crippen LogP contribution in [0.25, 0.3) is 0 Å². The molecule has 1 aliphatic rings. The Kier molecular flexibility index (Phi) is 4.56. The molecule has 0 radical (unpaired) electrons. The number of thioether (sulfide) groups is 1. The summed E-state index contributed by atoms with van der Waals surface area (Å²) in [6, 6.07) is 3.20. The first-order valence-electron chi connectivity index (χ1n) is 6.89. The van der Waals surface area contributed by atoms with Crippen LogP contribution in [0.3, 0.4) is 0 Å². The van der Waals surface area contributed by atoms with E-state index in [2.05, 4.69) is 10.3 Å². The molecule has 0 aromatic carbocycles. The van der Waals surface area contributed by atoms with Crippen molar-refractivity contribution < 1.29 is 13.5 Å². The summed E-state index contributed by atoms with van der Waals surface area (Å²) in [6.45, 7) is 5.42. The maximum absolute atomic E-state index is 12.3. The second kappa shape index (κ2) is 5.78. The van der Waals surface area contributed by atoms with Crippen molar-refractivity contribution in [2.45, 2.75) is 42.6 Å². The molecule has 7 heteroatoms. The number of aromatic nitrogens is 1. The van der Waals surface area contributed by atoms with Crippen molar-refractivity contribution in [3.05, 3.63) is 18.3 Å². The average molecular weight is 330 g/mol. The van der Waals surface area contributed by atoms with Crippen LogP contribution in [0.2, 0.25) is 0 Å². The molecular weight excluding hydrogens is 308 g/mol. The van der Waals surface area contributed by atoms with Crippen LogP contribution in [0, 0.1) is 0 Å². The molecule has 0 saturated carbocycles. The summed E-state index contributed by atoms with van der Waals surface area (Å²) in [4.78, 5) is 4.05. The molecular formula is C14H22N2O3S2. The van der Waals surface area contributed by atoms with Gasteiger partial charge in [0.1, 0.15) is 0 Å². The van der Waals surface area contributed by atoms with E-state index in [9.17, 15) is 13.5 Å². The van der Waals surface area contributed by atoms with Crippen molar-refractivity contribution in [3.63, 3.8) is 0 Å². The number of nitrogens with zero attached hydrogens (tertiary/aromatic N) is 1. The van der Waals surface area contributed by atoms with E-state index >= 15 is 0 Å². The van der Waals surface area contributed by atoms with Crippen LogP contribution in [0.1, 0.15) is 27.2 Å². The number of anilines is 1. The zero-order valence-electron chi connectivity index (χ0n) is 12.6. The number of hydrogen-bond donors (Lipinski definition) is 2. The zero-order chi connectivity index (χ0) is 15.7. The Hall–Kier alpha value is -0.790. The molecule has 0 aliphatic carbocycles. The number of rotatable bonds is 4. The minimum absolute atomic E-state index is 0.0793. The molecule has 1 fully saturated rings. The van der Waals surface area contributed by atoms with E-state index in [4.69, 9.17) is 0 Å². The van der Waals surface area contributed by atoms with Crippen molar-refractivity contribution in [2.24, 2.45) is 0 Å². The summed E-state index contributed by atoms with van der Waals surface area (Å²) in [5.41, 5.74) is 0.0362. The van der Waals surface area contributed by atoms with Gasteiger partial charge in [-0.25, -0.2) is 13.4 Å². The van der Waals surface area contributed by atoms with Gasteiger partial charge in [-0.3, -0.25) is 0 Å². The molecule has 0 amide bonds. The summed E-state index contributed by atoms with van der Waals surface area (Å²) in [7, 11) is -3.43. The van der Waals surface area contributed by atoms with Gasteiger partial charge < -0.3 is 10.4 Å². The highest BCUT2D eigenvalue weighted by molar-refractivity contribution is 7.99. The second-order valence-electron chi connectivity index (χ2n) is 6.38. The minimum Gasteiger partial charge on any atom is -0.387 e. The van der Waals surface area contributed by atoms with E-state index < -0.39 is 20.2 Å². The molecule has 2 heterocycles. The molecule has 1 unspecified atom stereocenters. The van der Waals surface area contributed by atoms with Gasteiger partial charge in [-0.2, -0.15) is 11.8 Å². The van der Waals surface area contributed by atoms with E-state index in [0.29, 0.717) is 12.2 Å². The van der Waals surface area contributed by atoms with Gasteiger partial charge in [-0.15, -0.1) is 0 Å². The summed E-state index contributed by atoms with van der Waals surface area (Å²) in [5, 5.41) is 13.4. The number of nitrogens with one attached hydrogen (secondary N) is 1. The third kappa shape index (κ3) is 3.70. The predicted octanol–water partition coefficient (Wildman–Crippen LogP) is 1.93. The number of aliphatic hydroxyl groups is 1. The van der Waals surface area contributed by atoms with Crippen LogP contribution in [0.5, 0.6) is 0 Å². The monoisotopic (exact) mass is 330 g/mol. The lowest BCUT2D eigenvalue weighted by molar-refractivity contribution is 0.0820. The molecule has 21 heavy (non-hydrogen) atoms. The standard InChI is InChI=1S/C14H22N2O3S2/c1-13(2,3)21(18,19)12-5-4-11(8-15-12)16-9-14(17)6-7-20-10-14/h4-5,8,16-17H,6-7,9-10H2,1-3H3. The zero-order valence-corrected chi connectivity index (χ0v) is 14.2. The summed E-state index contributed by atoms with van der Waals surface area (Å²) in [6.07, 6.45) is 2.28. The van der Waals surface area contributed by atoms with Crippen molar-refractivity contribution in [1.29, 1.82) is 0 Å². The van der Waals surface area contributed by atoms with Gasteiger partial charge in [0, 0.05) is 12.3 Å². The topological polar surface area (TPSA) is 79.3 Å². The maximum atomic E-state index is 12.3. The number of sulfone groups is 1. The van der Waals surface area contributed by atoms with E-state index in [0.717, 1.165) is 17.9 Å². The smallest absolute Gasteiger partial charge is 0.200 e. The Balaban J connectivity index is 2.06. The fourth-order valence-electron chi connectivity index (χ4n) is 1.96. The summed E-state index contributed by atoms with van der Waals surface area (Å²) in [5.74, 6) is 1.70. The minimum atomic E-state index is -3.43. The number of hydrogen-bond acceptors (Lipinski definition) is 6. The highest BCUT2D eigenvalue weighted by atomic mass is 32.2. The van der Waals surface area contributed by atoms with E-state index in [1.165, 1.54) is 12.3 Å². The van der Waals surface area contributed by atoms with Crippen molar-refractivity contribution in [1.82, 2.24) is 4.98 Å². The molecule has 1 aromatic heterocycles. The average Bonchev–Trinajstić information content (AvgIpc) is 2.83. The Morgan fingerprint density at radius 2 is 2.14 bits per heavy atom. The van der Waals surface area contributed by atoms with Crippen LogP contribution < -0.4 is 5.32 Å². The molecule has 2 rings (SSSR count). The predicted molar refractivity (Wildman–Crippen MR) is 86.6 cm³/mol. The van der Waals surface area contributed by atoms with Crippen LogP contribution in [-0.4, -0.2) is 46.9 Å². The fraction of sp³-hybridized carbons (Fsp3) is 0.643. The van der Waals surface area contributed by atoms with Crippen LogP contribution in [-0.2, 0) is 9.84 Å². The Morgan fingerprint density at radius 3 is 2.62 bits per heavy atom. The largest absolute Gasteiger partial charge is 0.387 e. The van der Waals surface area contributed by atoms with Crippen molar-refractivity contribution >= 4 is 27.3 Å². The summed E-state index contributed by atoms with van der Waals surface area (Å²) < 4.78 is 23.6. The molecule has 1 saturated heterocycles.